The third-order valence-electron chi connectivity index (χ3n) is 6.50. The highest BCUT2D eigenvalue weighted by atomic mass is 19.1. The smallest absolute Gasteiger partial charge is 0.295 e. The molecule has 0 saturated carbocycles. The number of halogens is 1. The number of benzene rings is 2. The van der Waals surface area contributed by atoms with Gasteiger partial charge in [-0.3, -0.25) is 9.59 Å². The summed E-state index contributed by atoms with van der Waals surface area (Å²) in [6.45, 7) is 10.9. The maximum Gasteiger partial charge on any atom is 0.295 e. The quantitative estimate of drug-likeness (QED) is 0.209. The van der Waals surface area contributed by atoms with Crippen LogP contribution in [0.4, 0.5) is 4.39 Å². The lowest BCUT2D eigenvalue weighted by Gasteiger charge is -2.28. The predicted molar refractivity (Wildman–Crippen MR) is 135 cm³/mol. The lowest BCUT2D eigenvalue weighted by atomic mass is 9.95. The van der Waals surface area contributed by atoms with Crippen molar-refractivity contribution in [1.82, 2.24) is 9.80 Å². The first-order chi connectivity index (χ1) is 16.8. The van der Waals surface area contributed by atoms with Crippen molar-refractivity contribution in [3.8, 4) is 5.75 Å². The molecule has 0 bridgehead atoms. The standard InChI is InChI=1S/C28H35FN2O4/c1-5-8-17-35-22-13-11-20(12-14-22)25-24(26(32)21-10-9-19(4)23(29)18-21)27(33)28(34)31(25)16-15-30(6-2)7-3/h9-14,18,25,32H,5-8,15-17H2,1-4H3/t25-/m0/s1. The Morgan fingerprint density at radius 2 is 1.77 bits per heavy atom. The zero-order valence-corrected chi connectivity index (χ0v) is 21.0. The molecule has 1 aliphatic rings. The average molecular weight is 483 g/mol. The van der Waals surface area contributed by atoms with Gasteiger partial charge in [-0.2, -0.15) is 0 Å². The third kappa shape index (κ3) is 5.90. The molecule has 188 valence electrons. The first kappa shape index (κ1) is 26.4. The second-order valence-electron chi connectivity index (χ2n) is 8.75. The molecule has 0 aliphatic carbocycles. The van der Waals surface area contributed by atoms with E-state index in [4.69, 9.17) is 4.74 Å². The topological polar surface area (TPSA) is 70.1 Å². The van der Waals surface area contributed by atoms with E-state index in [9.17, 15) is 19.1 Å². The summed E-state index contributed by atoms with van der Waals surface area (Å²) in [6, 6.07) is 10.7. The van der Waals surface area contributed by atoms with Crippen molar-refractivity contribution in [3.63, 3.8) is 0 Å². The fourth-order valence-corrected chi connectivity index (χ4v) is 4.22. The maximum atomic E-state index is 14.2. The van der Waals surface area contributed by atoms with Crippen molar-refractivity contribution >= 4 is 17.4 Å². The number of likely N-dealkylation sites (N-methyl/N-ethyl adjacent to an activating group) is 1. The fourth-order valence-electron chi connectivity index (χ4n) is 4.22. The second-order valence-corrected chi connectivity index (χ2v) is 8.75. The SMILES string of the molecule is CCCCOc1ccc([C@H]2C(=C(O)c3ccc(C)c(F)c3)C(=O)C(=O)N2CCN(CC)CC)cc1. The number of hydrogen-bond donors (Lipinski definition) is 1. The predicted octanol–water partition coefficient (Wildman–Crippen LogP) is 5.08. The van der Waals surface area contributed by atoms with Gasteiger partial charge >= 0.3 is 0 Å². The fraction of sp³-hybridized carbons (Fsp3) is 0.429. The van der Waals surface area contributed by atoms with Crippen molar-refractivity contribution in [2.24, 2.45) is 0 Å². The van der Waals surface area contributed by atoms with Crippen molar-refractivity contribution in [3.05, 3.63) is 70.5 Å². The summed E-state index contributed by atoms with van der Waals surface area (Å²) < 4.78 is 20.0. The van der Waals surface area contributed by atoms with Crippen LogP contribution < -0.4 is 4.74 Å². The number of aliphatic hydroxyl groups is 1. The summed E-state index contributed by atoms with van der Waals surface area (Å²) in [5, 5.41) is 11.1. The monoisotopic (exact) mass is 482 g/mol. The number of aliphatic hydroxyl groups excluding tert-OH is 1. The van der Waals surface area contributed by atoms with Gasteiger partial charge in [-0.15, -0.1) is 0 Å². The molecule has 1 aliphatic heterocycles. The minimum absolute atomic E-state index is 0.0301. The first-order valence-corrected chi connectivity index (χ1v) is 12.3. The van der Waals surface area contributed by atoms with Crippen LogP contribution in [-0.4, -0.2) is 59.4 Å². The molecule has 1 heterocycles. The van der Waals surface area contributed by atoms with Crippen molar-refractivity contribution in [1.29, 1.82) is 0 Å². The number of ketones is 1. The van der Waals surface area contributed by atoms with Gasteiger partial charge in [0.15, 0.2) is 0 Å². The van der Waals surface area contributed by atoms with E-state index in [0.29, 0.717) is 36.6 Å². The van der Waals surface area contributed by atoms with Crippen LogP contribution in [-0.2, 0) is 9.59 Å². The number of carbonyl (C=O) groups is 2. The van der Waals surface area contributed by atoms with Gasteiger partial charge in [-0.05, 0) is 55.8 Å². The van der Waals surface area contributed by atoms with E-state index < -0.39 is 23.5 Å². The number of rotatable bonds is 11. The van der Waals surface area contributed by atoms with Gasteiger partial charge in [-0.1, -0.05) is 51.5 Å². The zero-order valence-electron chi connectivity index (χ0n) is 21.0. The summed E-state index contributed by atoms with van der Waals surface area (Å²) >= 11 is 0. The summed E-state index contributed by atoms with van der Waals surface area (Å²) in [5.74, 6) is -1.60. The van der Waals surface area contributed by atoms with E-state index in [1.807, 2.05) is 26.0 Å². The van der Waals surface area contributed by atoms with Crippen molar-refractivity contribution in [2.75, 3.05) is 32.8 Å². The van der Waals surface area contributed by atoms with Crippen LogP contribution in [0.3, 0.4) is 0 Å². The van der Waals surface area contributed by atoms with Crippen molar-refractivity contribution in [2.45, 2.75) is 46.6 Å². The molecule has 1 fully saturated rings. The number of amides is 1. The van der Waals surface area contributed by atoms with E-state index in [2.05, 4.69) is 11.8 Å². The highest BCUT2D eigenvalue weighted by Crippen LogP contribution is 2.39. The molecule has 1 N–H and O–H groups in total. The Bertz CT molecular complexity index is 1080. The number of carbonyl (C=O) groups excluding carboxylic acids is 2. The molecule has 0 spiro atoms. The van der Waals surface area contributed by atoms with Crippen LogP contribution in [0.1, 0.15) is 56.3 Å². The van der Waals surface area contributed by atoms with Gasteiger partial charge in [0.1, 0.15) is 17.3 Å². The highest BCUT2D eigenvalue weighted by Gasteiger charge is 2.46. The van der Waals surface area contributed by atoms with Crippen LogP contribution in [0, 0.1) is 12.7 Å². The largest absolute Gasteiger partial charge is 0.507 e. The molecule has 35 heavy (non-hydrogen) atoms. The van der Waals surface area contributed by atoms with E-state index in [1.54, 1.807) is 25.1 Å². The number of ether oxygens (including phenoxy) is 1. The third-order valence-corrected chi connectivity index (χ3v) is 6.50. The molecule has 0 radical (unpaired) electrons. The molecule has 6 nitrogen and oxygen atoms in total. The molecular weight excluding hydrogens is 447 g/mol. The van der Waals surface area contributed by atoms with Gasteiger partial charge in [-0.25, -0.2) is 4.39 Å². The van der Waals surface area contributed by atoms with Crippen LogP contribution in [0.15, 0.2) is 48.0 Å². The summed E-state index contributed by atoms with van der Waals surface area (Å²) in [6.07, 6.45) is 1.97. The molecule has 3 rings (SSSR count). The number of aryl methyl sites for hydroxylation is 1. The van der Waals surface area contributed by atoms with Crippen LogP contribution in [0.25, 0.3) is 5.76 Å². The van der Waals surface area contributed by atoms with E-state index in [1.165, 1.54) is 17.0 Å². The second kappa shape index (κ2) is 12.0. The first-order valence-electron chi connectivity index (χ1n) is 12.3. The number of nitrogens with zero attached hydrogens (tertiary/aromatic N) is 2. The molecular formula is C28H35FN2O4. The lowest BCUT2D eigenvalue weighted by molar-refractivity contribution is -0.140. The number of hydrogen-bond acceptors (Lipinski definition) is 5. The summed E-state index contributed by atoms with van der Waals surface area (Å²) in [7, 11) is 0. The Morgan fingerprint density at radius 1 is 1.09 bits per heavy atom. The van der Waals surface area contributed by atoms with Gasteiger partial charge < -0.3 is 19.6 Å². The van der Waals surface area contributed by atoms with Crippen LogP contribution in [0.2, 0.25) is 0 Å². The highest BCUT2D eigenvalue weighted by molar-refractivity contribution is 6.46. The molecule has 2 aromatic rings. The van der Waals surface area contributed by atoms with Gasteiger partial charge in [0.2, 0.25) is 0 Å². The Morgan fingerprint density at radius 3 is 2.37 bits per heavy atom. The van der Waals surface area contributed by atoms with Crippen molar-refractivity contribution < 1.29 is 23.8 Å². The molecule has 2 aromatic carbocycles. The normalized spacial score (nSPS) is 17.4. The summed E-state index contributed by atoms with van der Waals surface area (Å²) in [5.41, 5.74) is 1.24. The average Bonchev–Trinajstić information content (AvgIpc) is 3.11. The van der Waals surface area contributed by atoms with Crippen LogP contribution >= 0.6 is 0 Å². The van der Waals surface area contributed by atoms with Gasteiger partial charge in [0.05, 0.1) is 18.2 Å². The van der Waals surface area contributed by atoms with Crippen LogP contribution in [0.5, 0.6) is 5.75 Å². The molecule has 1 amide bonds. The number of likely N-dealkylation sites (tertiary alicyclic amines) is 1. The Balaban J connectivity index is 2.04. The minimum Gasteiger partial charge on any atom is -0.507 e. The van der Waals surface area contributed by atoms with Gasteiger partial charge in [0.25, 0.3) is 11.7 Å². The molecule has 0 unspecified atom stereocenters. The number of unbranched alkanes of at least 4 members (excludes halogenated alkanes) is 1. The molecule has 7 heteroatoms. The van der Waals surface area contributed by atoms with E-state index in [0.717, 1.165) is 25.9 Å². The maximum absolute atomic E-state index is 14.2. The van der Waals surface area contributed by atoms with E-state index >= 15 is 0 Å². The molecule has 1 atom stereocenters. The zero-order chi connectivity index (χ0) is 25.5. The van der Waals surface area contributed by atoms with Gasteiger partial charge in [0, 0.05) is 18.7 Å². The Kier molecular flexibility index (Phi) is 9.04. The Labute approximate surface area is 207 Å². The van der Waals surface area contributed by atoms with E-state index in [-0.39, 0.29) is 16.9 Å². The number of Topliss-reactive ketones (excluding diaryl/α,β-unsaturated/α-hetero) is 1. The Hall–Kier alpha value is -3.19. The molecule has 0 aromatic heterocycles. The lowest BCUT2D eigenvalue weighted by Crippen LogP contribution is -2.38. The minimum atomic E-state index is -0.778. The summed E-state index contributed by atoms with van der Waals surface area (Å²) in [4.78, 5) is 29.9. The molecule has 1 saturated heterocycles.